The van der Waals surface area contributed by atoms with Crippen molar-refractivity contribution < 1.29 is 4.84 Å². The Hall–Kier alpha value is -1.06. The summed E-state index contributed by atoms with van der Waals surface area (Å²) >= 11 is 0. The van der Waals surface area contributed by atoms with E-state index in [-0.39, 0.29) is 0 Å². The van der Waals surface area contributed by atoms with E-state index in [1.165, 1.54) is 5.57 Å². The molecule has 3 nitrogen and oxygen atoms in total. The maximum absolute atomic E-state index is 4.92. The summed E-state index contributed by atoms with van der Waals surface area (Å²) in [7, 11) is 1.72. The molecule has 0 unspecified atom stereocenters. The summed E-state index contributed by atoms with van der Waals surface area (Å²) in [6.45, 7) is 7.65. The van der Waals surface area contributed by atoms with Gasteiger partial charge in [-0.05, 0) is 19.9 Å². The summed E-state index contributed by atoms with van der Waals surface area (Å²) in [5.41, 5.74) is 6.26. The number of hydrogen-bond acceptors (Lipinski definition) is 3. The zero-order valence-corrected chi connectivity index (χ0v) is 7.85. The molecule has 0 rings (SSSR count). The van der Waals surface area contributed by atoms with E-state index in [0.717, 1.165) is 0 Å². The van der Waals surface area contributed by atoms with Crippen LogP contribution >= 0.6 is 0 Å². The Morgan fingerprint density at radius 1 is 1.42 bits per heavy atom. The van der Waals surface area contributed by atoms with Crippen molar-refractivity contribution in [3.05, 3.63) is 36.1 Å². The van der Waals surface area contributed by atoms with Crippen LogP contribution in [0.5, 0.6) is 0 Å². The summed E-state index contributed by atoms with van der Waals surface area (Å²) in [5.74, 6) is 0.561. The minimum atomic E-state index is 0.561. The van der Waals surface area contributed by atoms with Crippen LogP contribution in [0.3, 0.4) is 0 Å². The summed E-state index contributed by atoms with van der Waals surface area (Å²) in [6.07, 6.45) is 5.73. The second kappa shape index (κ2) is 6.64. The van der Waals surface area contributed by atoms with Crippen molar-refractivity contribution >= 4 is 0 Å². The van der Waals surface area contributed by atoms with Gasteiger partial charge in [-0.3, -0.25) is 0 Å². The van der Waals surface area contributed by atoms with Crippen molar-refractivity contribution in [3.63, 3.8) is 0 Å². The standard InChI is InChI=1S/C9H16N2O/c1-5-8(2)6-7-9(3)12-11-10-4/h5-7,10-11H,3H2,1-2,4H3/b7-6-,8-5-. The van der Waals surface area contributed by atoms with Crippen molar-refractivity contribution in [1.82, 2.24) is 11.0 Å². The minimum Gasteiger partial charge on any atom is -0.395 e. The minimum absolute atomic E-state index is 0.561. The Balaban J connectivity index is 3.76. The fourth-order valence-corrected chi connectivity index (χ4v) is 0.471. The Morgan fingerprint density at radius 3 is 2.58 bits per heavy atom. The maximum atomic E-state index is 4.92. The Labute approximate surface area is 73.7 Å². The highest BCUT2D eigenvalue weighted by molar-refractivity contribution is 5.21. The van der Waals surface area contributed by atoms with E-state index in [1.807, 2.05) is 26.0 Å². The van der Waals surface area contributed by atoms with Gasteiger partial charge in [-0.2, -0.15) is 0 Å². The SMILES string of the molecule is C=C(/C=C\C(C)=C/C)ONNC. The van der Waals surface area contributed by atoms with Crippen LogP contribution in [0.1, 0.15) is 13.8 Å². The van der Waals surface area contributed by atoms with Crippen molar-refractivity contribution in [2.75, 3.05) is 7.05 Å². The predicted molar refractivity (Wildman–Crippen MR) is 51.0 cm³/mol. The Kier molecular flexibility index (Phi) is 6.05. The first kappa shape index (κ1) is 10.9. The van der Waals surface area contributed by atoms with Gasteiger partial charge < -0.3 is 4.84 Å². The highest BCUT2D eigenvalue weighted by Crippen LogP contribution is 1.98. The molecule has 0 saturated heterocycles. The molecule has 0 amide bonds. The molecule has 0 atom stereocenters. The summed E-state index contributed by atoms with van der Waals surface area (Å²) in [6, 6.07) is 0. The molecule has 0 spiro atoms. The molecule has 0 aromatic carbocycles. The second-order valence-electron chi connectivity index (χ2n) is 2.29. The first-order valence-corrected chi connectivity index (χ1v) is 3.79. The smallest absolute Gasteiger partial charge is 0.141 e. The lowest BCUT2D eigenvalue weighted by atomic mass is 10.2. The molecule has 3 heteroatoms. The maximum Gasteiger partial charge on any atom is 0.141 e. The Bertz CT molecular complexity index is 195. The third-order valence-electron chi connectivity index (χ3n) is 1.27. The van der Waals surface area contributed by atoms with Gasteiger partial charge in [-0.25, -0.2) is 5.43 Å². The van der Waals surface area contributed by atoms with E-state index in [1.54, 1.807) is 13.1 Å². The van der Waals surface area contributed by atoms with Gasteiger partial charge in [0.25, 0.3) is 0 Å². The molecule has 0 aliphatic heterocycles. The highest BCUT2D eigenvalue weighted by atomic mass is 16.7. The lowest BCUT2D eigenvalue weighted by Gasteiger charge is -2.03. The van der Waals surface area contributed by atoms with Crippen LogP contribution in [0.25, 0.3) is 0 Å². The van der Waals surface area contributed by atoms with Crippen molar-refractivity contribution in [2.24, 2.45) is 0 Å². The van der Waals surface area contributed by atoms with Gasteiger partial charge in [0, 0.05) is 7.05 Å². The first-order chi connectivity index (χ1) is 5.70. The molecule has 0 aromatic heterocycles. The van der Waals surface area contributed by atoms with Gasteiger partial charge >= 0.3 is 0 Å². The zero-order valence-electron chi connectivity index (χ0n) is 7.85. The topological polar surface area (TPSA) is 33.3 Å². The van der Waals surface area contributed by atoms with Gasteiger partial charge in [0.2, 0.25) is 0 Å². The molecule has 0 aliphatic rings. The van der Waals surface area contributed by atoms with Gasteiger partial charge in [0.15, 0.2) is 0 Å². The molecule has 0 heterocycles. The normalized spacial score (nSPS) is 12.1. The summed E-state index contributed by atoms with van der Waals surface area (Å²) < 4.78 is 0. The van der Waals surface area contributed by atoms with Crippen molar-refractivity contribution in [1.29, 1.82) is 0 Å². The third kappa shape index (κ3) is 5.70. The third-order valence-corrected chi connectivity index (χ3v) is 1.27. The van der Waals surface area contributed by atoms with Crippen LogP contribution in [0, 0.1) is 0 Å². The monoisotopic (exact) mass is 168 g/mol. The van der Waals surface area contributed by atoms with Crippen LogP contribution in [0.15, 0.2) is 36.1 Å². The molecule has 0 bridgehead atoms. The molecular formula is C9H16N2O. The fourth-order valence-electron chi connectivity index (χ4n) is 0.471. The number of allylic oxidation sites excluding steroid dienone is 4. The molecule has 0 aromatic rings. The summed E-state index contributed by atoms with van der Waals surface area (Å²) in [4.78, 5) is 4.92. The van der Waals surface area contributed by atoms with Gasteiger partial charge in [0.05, 0.1) is 0 Å². The van der Waals surface area contributed by atoms with Gasteiger partial charge in [0.1, 0.15) is 5.76 Å². The lowest BCUT2D eigenvalue weighted by Crippen LogP contribution is -2.26. The molecule has 0 radical (unpaired) electrons. The predicted octanol–water partition coefficient (Wildman–Crippen LogP) is 1.68. The molecule has 0 aliphatic carbocycles. The molecule has 0 saturated carbocycles. The van der Waals surface area contributed by atoms with Crippen LogP contribution < -0.4 is 11.0 Å². The van der Waals surface area contributed by atoms with Crippen molar-refractivity contribution in [2.45, 2.75) is 13.8 Å². The molecule has 12 heavy (non-hydrogen) atoms. The van der Waals surface area contributed by atoms with E-state index in [9.17, 15) is 0 Å². The molecular weight excluding hydrogens is 152 g/mol. The van der Waals surface area contributed by atoms with Gasteiger partial charge in [-0.15, -0.1) is 0 Å². The lowest BCUT2D eigenvalue weighted by molar-refractivity contribution is 0.0852. The largest absolute Gasteiger partial charge is 0.395 e. The van der Waals surface area contributed by atoms with Crippen molar-refractivity contribution in [3.8, 4) is 0 Å². The Morgan fingerprint density at radius 2 is 2.08 bits per heavy atom. The molecule has 68 valence electrons. The quantitative estimate of drug-likeness (QED) is 0.372. The first-order valence-electron chi connectivity index (χ1n) is 3.79. The number of hydrazine groups is 1. The fraction of sp³-hybridized carbons (Fsp3) is 0.333. The number of rotatable bonds is 5. The van der Waals surface area contributed by atoms with E-state index < -0.39 is 0 Å². The van der Waals surface area contributed by atoms with Crippen LogP contribution in [0.4, 0.5) is 0 Å². The van der Waals surface area contributed by atoms with Crippen LogP contribution in [0.2, 0.25) is 0 Å². The number of hydrogen-bond donors (Lipinski definition) is 2. The van der Waals surface area contributed by atoms with E-state index >= 15 is 0 Å². The number of nitrogens with one attached hydrogen (secondary N) is 2. The average molecular weight is 168 g/mol. The highest BCUT2D eigenvalue weighted by Gasteiger charge is 1.85. The molecule has 0 fully saturated rings. The van der Waals surface area contributed by atoms with E-state index in [2.05, 4.69) is 17.6 Å². The van der Waals surface area contributed by atoms with Crippen LogP contribution in [-0.4, -0.2) is 7.05 Å². The average Bonchev–Trinajstić information content (AvgIpc) is 2.10. The van der Waals surface area contributed by atoms with Crippen LogP contribution in [-0.2, 0) is 4.84 Å². The molecule has 2 N–H and O–H groups in total. The zero-order chi connectivity index (χ0) is 9.40. The van der Waals surface area contributed by atoms with Gasteiger partial charge in [-0.1, -0.05) is 29.9 Å². The second-order valence-corrected chi connectivity index (χ2v) is 2.29. The van der Waals surface area contributed by atoms with E-state index in [0.29, 0.717) is 5.76 Å². The van der Waals surface area contributed by atoms with E-state index in [4.69, 9.17) is 4.84 Å². The summed E-state index contributed by atoms with van der Waals surface area (Å²) in [5, 5.41) is 0.